The predicted octanol–water partition coefficient (Wildman–Crippen LogP) is 4.38. The average Bonchev–Trinajstić information content (AvgIpc) is 3.45. The van der Waals surface area contributed by atoms with Gasteiger partial charge in [0.2, 0.25) is 0 Å². The minimum atomic E-state index is -1.34. The molecule has 10 nitrogen and oxygen atoms in total. The van der Waals surface area contributed by atoms with Gasteiger partial charge in [-0.1, -0.05) is 12.1 Å². The normalized spacial score (nSPS) is 17.1. The second kappa shape index (κ2) is 10.4. The fraction of sp³-hybridized carbons (Fsp3) is 0.269. The molecule has 0 radical (unpaired) electrons. The first kappa shape index (κ1) is 25.6. The van der Waals surface area contributed by atoms with Crippen LogP contribution in [0.4, 0.5) is 15.0 Å². The molecule has 5 rings (SSSR count). The zero-order chi connectivity index (χ0) is 27.0. The molecule has 2 atom stereocenters. The maximum Gasteiger partial charge on any atom is 0.323 e. The first-order valence-corrected chi connectivity index (χ1v) is 12.7. The Balaban J connectivity index is 1.41. The highest BCUT2D eigenvalue weighted by atomic mass is 79.9. The van der Waals surface area contributed by atoms with E-state index in [1.165, 1.54) is 16.5 Å². The lowest BCUT2D eigenvalue weighted by molar-refractivity contribution is -0.123. The Bertz CT molecular complexity index is 1560. The molecule has 1 aliphatic rings. The SMILES string of the molecule is CC(=O)c1nn(CC(=O)[C@@H]2C[C@H](F)CN2C(=O)Nc2cccc(Br)n2)c2ccc(-c3cnc(C)nc3)cc12. The Hall–Kier alpha value is -4.06. The quantitative estimate of drug-likeness (QED) is 0.265. The molecule has 1 aromatic carbocycles. The van der Waals surface area contributed by atoms with E-state index >= 15 is 0 Å². The number of rotatable bonds is 6. The number of Topliss-reactive ketones (excluding diaryl/α,β-unsaturated/α-hetero) is 2. The van der Waals surface area contributed by atoms with Gasteiger partial charge in [-0.3, -0.25) is 19.6 Å². The number of carbonyl (C=O) groups is 3. The van der Waals surface area contributed by atoms with Crippen LogP contribution in [0.1, 0.15) is 29.7 Å². The van der Waals surface area contributed by atoms with Crippen molar-refractivity contribution in [2.24, 2.45) is 0 Å². The maximum atomic E-state index is 14.4. The number of pyridine rings is 1. The van der Waals surface area contributed by atoms with Gasteiger partial charge in [-0.25, -0.2) is 24.1 Å². The molecule has 1 saturated heterocycles. The Morgan fingerprint density at radius 1 is 1.13 bits per heavy atom. The Kier molecular flexibility index (Phi) is 6.98. The van der Waals surface area contributed by atoms with Gasteiger partial charge in [0.05, 0.1) is 18.1 Å². The van der Waals surface area contributed by atoms with Gasteiger partial charge in [-0.05, 0) is 52.7 Å². The second-order valence-electron chi connectivity index (χ2n) is 9.06. The molecule has 0 bridgehead atoms. The van der Waals surface area contributed by atoms with Gasteiger partial charge in [0.1, 0.15) is 34.7 Å². The van der Waals surface area contributed by atoms with E-state index in [1.54, 1.807) is 43.6 Å². The highest BCUT2D eigenvalue weighted by Crippen LogP contribution is 2.28. The summed E-state index contributed by atoms with van der Waals surface area (Å²) in [6, 6.07) is 8.81. The summed E-state index contributed by atoms with van der Waals surface area (Å²) in [5, 5.41) is 7.60. The van der Waals surface area contributed by atoms with Crippen molar-refractivity contribution in [3.8, 4) is 11.1 Å². The van der Waals surface area contributed by atoms with Gasteiger partial charge in [0.15, 0.2) is 11.6 Å². The molecule has 12 heteroatoms. The number of halogens is 2. The van der Waals surface area contributed by atoms with E-state index in [2.05, 4.69) is 41.3 Å². The maximum absolute atomic E-state index is 14.4. The number of hydrogen-bond donors (Lipinski definition) is 1. The molecule has 3 aromatic heterocycles. The molecule has 194 valence electrons. The zero-order valence-electron chi connectivity index (χ0n) is 20.6. The van der Waals surface area contributed by atoms with Crippen LogP contribution in [0.5, 0.6) is 0 Å². The third-order valence-corrected chi connectivity index (χ3v) is 6.78. The molecule has 1 aliphatic heterocycles. The summed E-state index contributed by atoms with van der Waals surface area (Å²) in [6.45, 7) is 2.76. The van der Waals surface area contributed by atoms with E-state index in [9.17, 15) is 18.8 Å². The lowest BCUT2D eigenvalue weighted by Crippen LogP contribution is -2.44. The van der Waals surface area contributed by atoms with Crippen molar-refractivity contribution < 1.29 is 18.8 Å². The summed E-state index contributed by atoms with van der Waals surface area (Å²) in [4.78, 5) is 52.4. The lowest BCUT2D eigenvalue weighted by Gasteiger charge is -2.23. The van der Waals surface area contributed by atoms with Crippen LogP contribution in [-0.4, -0.2) is 66.0 Å². The fourth-order valence-corrected chi connectivity index (χ4v) is 4.85. The van der Waals surface area contributed by atoms with Crippen molar-refractivity contribution in [3.63, 3.8) is 0 Å². The standard InChI is InChI=1S/C26H23BrFN7O3/c1-14(36)25-19-8-16(17-10-29-15(2)30-11-17)6-7-20(19)35(33-25)13-22(37)21-9-18(28)12-34(21)26(38)32-24-5-3-4-23(27)31-24/h3-8,10-11,18,21H,9,12-13H2,1-2H3,(H,31,32,38)/t18-,21-/m0/s1. The number of aromatic nitrogens is 5. The Morgan fingerprint density at radius 3 is 2.61 bits per heavy atom. The van der Waals surface area contributed by atoms with E-state index in [4.69, 9.17) is 0 Å². The molecule has 2 amide bonds. The van der Waals surface area contributed by atoms with Gasteiger partial charge < -0.3 is 4.90 Å². The summed E-state index contributed by atoms with van der Waals surface area (Å²) in [5.74, 6) is 0.268. The lowest BCUT2D eigenvalue weighted by atomic mass is 10.0. The molecule has 38 heavy (non-hydrogen) atoms. The van der Waals surface area contributed by atoms with Crippen LogP contribution in [0.2, 0.25) is 0 Å². The topological polar surface area (TPSA) is 123 Å². The number of nitrogens with one attached hydrogen (secondary N) is 1. The van der Waals surface area contributed by atoms with Crippen molar-refractivity contribution in [2.45, 2.75) is 39.0 Å². The number of aryl methyl sites for hydroxylation is 1. The molecular weight excluding hydrogens is 557 g/mol. The minimum absolute atomic E-state index is 0.117. The summed E-state index contributed by atoms with van der Waals surface area (Å²) in [5.41, 5.74) is 2.36. The predicted molar refractivity (Wildman–Crippen MR) is 141 cm³/mol. The van der Waals surface area contributed by atoms with Gasteiger partial charge in [-0.2, -0.15) is 5.10 Å². The molecule has 0 unspecified atom stereocenters. The van der Waals surface area contributed by atoms with E-state index in [0.29, 0.717) is 21.3 Å². The van der Waals surface area contributed by atoms with E-state index < -0.39 is 24.0 Å². The van der Waals surface area contributed by atoms with Crippen molar-refractivity contribution in [1.82, 2.24) is 29.6 Å². The smallest absolute Gasteiger partial charge is 0.311 e. The highest BCUT2D eigenvalue weighted by Gasteiger charge is 2.40. The summed E-state index contributed by atoms with van der Waals surface area (Å²) >= 11 is 3.24. The second-order valence-corrected chi connectivity index (χ2v) is 9.87. The van der Waals surface area contributed by atoms with Crippen LogP contribution in [0.25, 0.3) is 22.0 Å². The third kappa shape index (κ3) is 5.17. The summed E-state index contributed by atoms with van der Waals surface area (Å²) < 4.78 is 16.4. The molecule has 0 spiro atoms. The number of urea groups is 1. The van der Waals surface area contributed by atoms with Gasteiger partial charge in [0, 0.05) is 36.7 Å². The molecule has 1 N–H and O–H groups in total. The van der Waals surface area contributed by atoms with Gasteiger partial charge in [0.25, 0.3) is 0 Å². The molecular formula is C26H23BrFN7O3. The van der Waals surface area contributed by atoms with Gasteiger partial charge >= 0.3 is 6.03 Å². The first-order chi connectivity index (χ1) is 18.2. The minimum Gasteiger partial charge on any atom is -0.311 e. The van der Waals surface area contributed by atoms with Crippen LogP contribution in [-0.2, 0) is 11.3 Å². The van der Waals surface area contributed by atoms with E-state index in [-0.39, 0.29) is 36.8 Å². The average molecular weight is 580 g/mol. The van der Waals surface area contributed by atoms with Crippen LogP contribution >= 0.6 is 15.9 Å². The molecule has 0 saturated carbocycles. The van der Waals surface area contributed by atoms with Gasteiger partial charge in [-0.15, -0.1) is 0 Å². The fourth-order valence-electron chi connectivity index (χ4n) is 4.51. The molecule has 1 fully saturated rings. The third-order valence-electron chi connectivity index (χ3n) is 6.34. The van der Waals surface area contributed by atoms with Crippen LogP contribution in [0.3, 0.4) is 0 Å². The number of alkyl halides is 1. The summed E-state index contributed by atoms with van der Waals surface area (Å²) in [6.07, 6.45) is 1.93. The molecule has 0 aliphatic carbocycles. The van der Waals surface area contributed by atoms with E-state index in [1.807, 2.05) is 12.1 Å². The summed E-state index contributed by atoms with van der Waals surface area (Å²) in [7, 11) is 0. The molecule has 4 heterocycles. The largest absolute Gasteiger partial charge is 0.323 e. The Labute approximate surface area is 225 Å². The number of fused-ring (bicyclic) bond motifs is 1. The number of benzene rings is 1. The number of nitrogens with zero attached hydrogens (tertiary/aromatic N) is 6. The van der Waals surface area contributed by atoms with Crippen molar-refractivity contribution >= 4 is 50.2 Å². The number of carbonyl (C=O) groups excluding carboxylic acids is 3. The highest BCUT2D eigenvalue weighted by molar-refractivity contribution is 9.10. The zero-order valence-corrected chi connectivity index (χ0v) is 22.1. The monoisotopic (exact) mass is 579 g/mol. The van der Waals surface area contributed by atoms with Crippen molar-refractivity contribution in [3.05, 3.63) is 64.9 Å². The van der Waals surface area contributed by atoms with Crippen LogP contribution < -0.4 is 5.32 Å². The number of amides is 2. The van der Waals surface area contributed by atoms with Crippen LogP contribution in [0.15, 0.2) is 53.4 Å². The first-order valence-electron chi connectivity index (χ1n) is 11.9. The Morgan fingerprint density at radius 2 is 1.89 bits per heavy atom. The van der Waals surface area contributed by atoms with Crippen molar-refractivity contribution in [1.29, 1.82) is 0 Å². The number of anilines is 1. The van der Waals surface area contributed by atoms with Crippen molar-refractivity contribution in [2.75, 3.05) is 11.9 Å². The number of ketones is 2. The number of likely N-dealkylation sites (tertiary alicyclic amines) is 1. The van der Waals surface area contributed by atoms with Crippen LogP contribution in [0, 0.1) is 6.92 Å². The van der Waals surface area contributed by atoms with E-state index in [0.717, 1.165) is 11.1 Å². The molecule has 4 aromatic rings. The number of hydrogen-bond acceptors (Lipinski definition) is 7.